The van der Waals surface area contributed by atoms with Crippen molar-refractivity contribution >= 4 is 18.2 Å². The van der Waals surface area contributed by atoms with Crippen LogP contribution in [0.3, 0.4) is 0 Å². The predicted octanol–water partition coefficient (Wildman–Crippen LogP) is 4.30. The number of imide groups is 1. The average molecular weight is 512 g/mol. The van der Waals surface area contributed by atoms with Crippen molar-refractivity contribution < 1.29 is 23.9 Å². The van der Waals surface area contributed by atoms with Gasteiger partial charge in [-0.05, 0) is 55.7 Å². The van der Waals surface area contributed by atoms with Crippen molar-refractivity contribution in [3.63, 3.8) is 0 Å². The second-order valence-corrected chi connectivity index (χ2v) is 9.23. The van der Waals surface area contributed by atoms with Gasteiger partial charge in [-0.25, -0.2) is 0 Å². The molecule has 8 heteroatoms. The largest absolute Gasteiger partial charge is 0.454 e. The molecule has 0 aromatic carbocycles. The summed E-state index contributed by atoms with van der Waals surface area (Å²) in [5.74, 6) is 1.13. The van der Waals surface area contributed by atoms with E-state index < -0.39 is 0 Å². The molecule has 1 aliphatic carbocycles. The highest BCUT2D eigenvalue weighted by atomic mass is 16.7. The van der Waals surface area contributed by atoms with Crippen LogP contribution < -0.4 is 16.0 Å². The Labute approximate surface area is 220 Å². The maximum atomic E-state index is 12.8. The third kappa shape index (κ3) is 10.1. The van der Waals surface area contributed by atoms with Gasteiger partial charge in [0.2, 0.25) is 25.0 Å². The summed E-state index contributed by atoms with van der Waals surface area (Å²) in [4.78, 5) is 35.1. The molecule has 3 N–H and O–H groups in total. The molecule has 2 aliphatic rings. The summed E-state index contributed by atoms with van der Waals surface area (Å²) in [5, 5.41) is 8.65. The maximum Gasteiger partial charge on any atom is 0.231 e. The molecule has 2 atom stereocenters. The first-order valence-corrected chi connectivity index (χ1v) is 13.0. The fourth-order valence-corrected chi connectivity index (χ4v) is 4.15. The van der Waals surface area contributed by atoms with Crippen molar-refractivity contribution in [2.75, 3.05) is 13.3 Å². The van der Waals surface area contributed by atoms with E-state index in [1.165, 1.54) is 0 Å². The fourth-order valence-electron chi connectivity index (χ4n) is 4.15. The van der Waals surface area contributed by atoms with Gasteiger partial charge < -0.3 is 20.1 Å². The minimum Gasteiger partial charge on any atom is -0.454 e. The van der Waals surface area contributed by atoms with Gasteiger partial charge in [0.1, 0.15) is 0 Å². The topological polar surface area (TPSA) is 106 Å². The number of ether oxygens (including phenoxy) is 2. The molecule has 0 radical (unpaired) electrons. The summed E-state index contributed by atoms with van der Waals surface area (Å²) >= 11 is 0. The van der Waals surface area contributed by atoms with Gasteiger partial charge in [0.15, 0.2) is 11.5 Å². The molecule has 0 aromatic heterocycles. The fraction of sp³-hybridized carbons (Fsp3) is 0.483. The van der Waals surface area contributed by atoms with E-state index in [1.807, 2.05) is 31.2 Å². The lowest BCUT2D eigenvalue weighted by Crippen LogP contribution is -2.46. The molecule has 3 amide bonds. The Kier molecular flexibility index (Phi) is 13.0. The van der Waals surface area contributed by atoms with Crippen molar-refractivity contribution in [3.05, 3.63) is 72.4 Å². The van der Waals surface area contributed by atoms with Crippen molar-refractivity contribution in [2.45, 2.75) is 64.8 Å². The molecule has 2 rings (SSSR count). The quantitative estimate of drug-likeness (QED) is 0.153. The normalized spacial score (nSPS) is 17.5. The molecule has 1 heterocycles. The number of allylic oxidation sites excluding steroid dienone is 6. The number of amides is 3. The first kappa shape index (κ1) is 29.7. The van der Waals surface area contributed by atoms with Gasteiger partial charge in [-0.15, -0.1) is 0 Å². The van der Waals surface area contributed by atoms with Crippen LogP contribution in [0.4, 0.5) is 0 Å². The SMILES string of the molecule is C=CC1=C(/C=C\C/C=C/C(=CCC)NCCC(=O)NC(C(=C)C(C)CC(=O)NC=O)C2CCC2)OCO1. The van der Waals surface area contributed by atoms with Gasteiger partial charge in [-0.1, -0.05) is 57.2 Å². The van der Waals surface area contributed by atoms with Crippen LogP contribution >= 0.6 is 0 Å². The number of carbonyl (C=O) groups is 3. The molecule has 37 heavy (non-hydrogen) atoms. The monoisotopic (exact) mass is 511 g/mol. The molecule has 8 nitrogen and oxygen atoms in total. The summed E-state index contributed by atoms with van der Waals surface area (Å²) in [7, 11) is 0. The van der Waals surface area contributed by atoms with Crippen molar-refractivity contribution in [2.24, 2.45) is 11.8 Å². The summed E-state index contributed by atoms with van der Waals surface area (Å²) in [6.45, 7) is 12.6. The molecule has 1 fully saturated rings. The molecule has 2 unspecified atom stereocenters. The highest BCUT2D eigenvalue weighted by Gasteiger charge is 2.32. The standard InChI is InChI=1S/C29H41N3O5/c1-5-11-24(14-8-7-9-15-26-25(6-2)36-20-37-26)30-17-16-27(34)32-29(23-12-10-13-23)22(4)21(3)18-28(35)31-19-33/h6,8-9,11,14-15,19,21,23,29-30H,2,4-5,7,10,12-13,16-18,20H2,1,3H3,(H,32,34)(H,31,33,35)/b14-8+,15-9-,24-11?. The highest BCUT2D eigenvalue weighted by molar-refractivity contribution is 5.86. The predicted molar refractivity (Wildman–Crippen MR) is 145 cm³/mol. The lowest BCUT2D eigenvalue weighted by Gasteiger charge is -2.37. The van der Waals surface area contributed by atoms with Crippen molar-refractivity contribution in [3.8, 4) is 0 Å². The molecular weight excluding hydrogens is 470 g/mol. The Hall–Kier alpha value is -3.55. The van der Waals surface area contributed by atoms with E-state index in [1.54, 1.807) is 6.08 Å². The number of hydrogen-bond acceptors (Lipinski definition) is 6. The van der Waals surface area contributed by atoms with Crippen LogP contribution in [0.15, 0.2) is 72.4 Å². The Morgan fingerprint density at radius 1 is 1.16 bits per heavy atom. The van der Waals surface area contributed by atoms with Crippen molar-refractivity contribution in [1.82, 2.24) is 16.0 Å². The van der Waals surface area contributed by atoms with Crippen LogP contribution in [0.2, 0.25) is 0 Å². The number of hydrogen-bond donors (Lipinski definition) is 3. The Bertz CT molecular complexity index is 943. The van der Waals surface area contributed by atoms with E-state index in [-0.39, 0.29) is 37.0 Å². The summed E-state index contributed by atoms with van der Waals surface area (Å²) < 4.78 is 10.7. The Morgan fingerprint density at radius 3 is 2.57 bits per heavy atom. The molecule has 1 saturated carbocycles. The van der Waals surface area contributed by atoms with Gasteiger partial charge in [-0.2, -0.15) is 0 Å². The van der Waals surface area contributed by atoms with E-state index in [0.717, 1.165) is 43.4 Å². The van der Waals surface area contributed by atoms with E-state index >= 15 is 0 Å². The third-order valence-corrected chi connectivity index (χ3v) is 6.48. The van der Waals surface area contributed by atoms with Crippen LogP contribution in [0.1, 0.15) is 58.8 Å². The molecule has 0 spiro atoms. The van der Waals surface area contributed by atoms with E-state index in [0.29, 0.717) is 36.8 Å². The molecule has 1 aliphatic heterocycles. The highest BCUT2D eigenvalue weighted by Crippen LogP contribution is 2.35. The smallest absolute Gasteiger partial charge is 0.231 e. The molecule has 0 aromatic rings. The van der Waals surface area contributed by atoms with E-state index in [9.17, 15) is 14.4 Å². The zero-order chi connectivity index (χ0) is 27.0. The summed E-state index contributed by atoms with van der Waals surface area (Å²) in [5.41, 5.74) is 1.80. The van der Waals surface area contributed by atoms with Gasteiger partial charge >= 0.3 is 0 Å². The second kappa shape index (κ2) is 16.2. The van der Waals surface area contributed by atoms with Crippen LogP contribution in [0.5, 0.6) is 0 Å². The summed E-state index contributed by atoms with van der Waals surface area (Å²) in [6, 6.07) is -0.163. The summed E-state index contributed by atoms with van der Waals surface area (Å²) in [6.07, 6.45) is 17.3. The molecule has 0 saturated heterocycles. The Morgan fingerprint density at radius 2 is 1.92 bits per heavy atom. The van der Waals surface area contributed by atoms with Gasteiger partial charge in [0, 0.05) is 25.1 Å². The third-order valence-electron chi connectivity index (χ3n) is 6.48. The molecule has 0 bridgehead atoms. The zero-order valence-corrected chi connectivity index (χ0v) is 22.1. The number of carbonyl (C=O) groups excluding carboxylic acids is 3. The first-order valence-electron chi connectivity index (χ1n) is 13.0. The minimum atomic E-state index is -0.343. The molecular formula is C29H41N3O5. The zero-order valence-electron chi connectivity index (χ0n) is 22.1. The van der Waals surface area contributed by atoms with E-state index in [2.05, 4.69) is 42.1 Å². The number of nitrogens with one attached hydrogen (secondary N) is 3. The van der Waals surface area contributed by atoms with Gasteiger partial charge in [0.05, 0.1) is 6.04 Å². The van der Waals surface area contributed by atoms with Crippen LogP contribution in [0.25, 0.3) is 0 Å². The second-order valence-electron chi connectivity index (χ2n) is 9.23. The Balaban J connectivity index is 1.82. The average Bonchev–Trinajstić information content (AvgIpc) is 3.29. The lowest BCUT2D eigenvalue weighted by atomic mass is 9.74. The van der Waals surface area contributed by atoms with Gasteiger partial charge in [0.25, 0.3) is 0 Å². The van der Waals surface area contributed by atoms with E-state index in [4.69, 9.17) is 9.47 Å². The van der Waals surface area contributed by atoms with Crippen LogP contribution in [0, 0.1) is 11.8 Å². The van der Waals surface area contributed by atoms with Crippen LogP contribution in [-0.2, 0) is 23.9 Å². The minimum absolute atomic E-state index is 0.0528. The maximum absolute atomic E-state index is 12.8. The van der Waals surface area contributed by atoms with Crippen molar-refractivity contribution in [1.29, 1.82) is 0 Å². The number of rotatable bonds is 17. The van der Waals surface area contributed by atoms with Crippen LogP contribution in [-0.4, -0.2) is 37.6 Å². The molecule has 202 valence electrons. The van der Waals surface area contributed by atoms with Gasteiger partial charge in [-0.3, -0.25) is 19.7 Å². The lowest BCUT2D eigenvalue weighted by molar-refractivity contribution is -0.125. The first-order chi connectivity index (χ1) is 17.9.